The van der Waals surface area contributed by atoms with Gasteiger partial charge in [0.25, 0.3) is 0 Å². The summed E-state index contributed by atoms with van der Waals surface area (Å²) >= 11 is 2.58. The van der Waals surface area contributed by atoms with E-state index in [4.69, 9.17) is 13.6 Å². The third kappa shape index (κ3) is 4.66. The quantitative estimate of drug-likeness (QED) is 0.279. The molecule has 0 fully saturated rings. The highest BCUT2D eigenvalue weighted by atomic mass is 32.2. The topological polar surface area (TPSA) is 116 Å². The monoisotopic (exact) mass is 493 g/mol. The number of hydrogen-bond donors (Lipinski definition) is 1. The van der Waals surface area contributed by atoms with E-state index in [1.165, 1.54) is 23.1 Å². The molecule has 1 amide bonds. The predicted octanol–water partition coefficient (Wildman–Crippen LogP) is 5.52. The first-order valence-electron chi connectivity index (χ1n) is 10.4. The SMILES string of the molecule is CCOc1ccc2nc(NC(=O)C(C)Sc3nnc(-c4ccco4)c(-c4ccco4)n3)sc2c1. The molecule has 0 bridgehead atoms. The first kappa shape index (κ1) is 22.1. The maximum Gasteiger partial charge on any atom is 0.239 e. The van der Waals surface area contributed by atoms with E-state index in [1.54, 1.807) is 43.7 Å². The van der Waals surface area contributed by atoms with Crippen molar-refractivity contribution in [3.8, 4) is 28.7 Å². The number of nitrogens with zero attached hydrogens (tertiary/aromatic N) is 4. The molecule has 1 unspecified atom stereocenters. The van der Waals surface area contributed by atoms with Crippen molar-refractivity contribution in [1.29, 1.82) is 0 Å². The molecule has 1 N–H and O–H groups in total. The molecule has 4 aromatic heterocycles. The molecule has 11 heteroatoms. The summed E-state index contributed by atoms with van der Waals surface area (Å²) in [5.74, 6) is 1.61. The van der Waals surface area contributed by atoms with Gasteiger partial charge in [-0.15, -0.1) is 10.2 Å². The lowest BCUT2D eigenvalue weighted by Crippen LogP contribution is -2.22. The summed E-state index contributed by atoms with van der Waals surface area (Å²) in [5, 5.41) is 11.7. The largest absolute Gasteiger partial charge is 0.494 e. The van der Waals surface area contributed by atoms with Crippen LogP contribution in [0.15, 0.2) is 69.0 Å². The number of amides is 1. The highest BCUT2D eigenvalue weighted by Crippen LogP contribution is 2.32. The Hall–Kier alpha value is -3.70. The Kier molecular flexibility index (Phi) is 6.28. The van der Waals surface area contributed by atoms with Crippen molar-refractivity contribution in [3.05, 3.63) is 55.0 Å². The van der Waals surface area contributed by atoms with Gasteiger partial charge in [-0.1, -0.05) is 23.1 Å². The van der Waals surface area contributed by atoms with Crippen molar-refractivity contribution < 1.29 is 18.4 Å². The van der Waals surface area contributed by atoms with Gasteiger partial charge in [0.05, 0.1) is 34.6 Å². The Morgan fingerprint density at radius 3 is 2.56 bits per heavy atom. The maximum atomic E-state index is 12.8. The number of anilines is 1. The predicted molar refractivity (Wildman–Crippen MR) is 130 cm³/mol. The maximum absolute atomic E-state index is 12.8. The number of ether oxygens (including phenoxy) is 1. The lowest BCUT2D eigenvalue weighted by molar-refractivity contribution is -0.115. The van der Waals surface area contributed by atoms with Gasteiger partial charge in [0, 0.05) is 0 Å². The fraction of sp³-hybridized carbons (Fsp3) is 0.174. The number of fused-ring (bicyclic) bond motifs is 1. The average molecular weight is 494 g/mol. The van der Waals surface area contributed by atoms with Gasteiger partial charge in [-0.05, 0) is 56.3 Å². The van der Waals surface area contributed by atoms with Crippen molar-refractivity contribution in [3.63, 3.8) is 0 Å². The van der Waals surface area contributed by atoms with Crippen LogP contribution in [0.2, 0.25) is 0 Å². The number of carbonyl (C=O) groups is 1. The fourth-order valence-electron chi connectivity index (χ4n) is 3.16. The molecule has 0 aliphatic carbocycles. The van der Waals surface area contributed by atoms with Crippen LogP contribution in [0, 0.1) is 0 Å². The number of rotatable bonds is 8. The summed E-state index contributed by atoms with van der Waals surface area (Å²) < 4.78 is 17.5. The van der Waals surface area contributed by atoms with Gasteiger partial charge < -0.3 is 18.9 Å². The third-order valence-corrected chi connectivity index (χ3v) is 6.61. The van der Waals surface area contributed by atoms with Crippen molar-refractivity contribution in [2.75, 3.05) is 11.9 Å². The molecule has 5 rings (SSSR count). The first-order chi connectivity index (χ1) is 16.6. The van der Waals surface area contributed by atoms with Crippen LogP contribution in [0.1, 0.15) is 13.8 Å². The van der Waals surface area contributed by atoms with Gasteiger partial charge in [0.15, 0.2) is 22.3 Å². The number of thiazole rings is 1. The molecule has 0 saturated carbocycles. The van der Waals surface area contributed by atoms with Crippen LogP contribution in [0.5, 0.6) is 5.75 Å². The Balaban J connectivity index is 1.33. The number of carbonyl (C=O) groups excluding carboxylic acids is 1. The number of thioether (sulfide) groups is 1. The number of aromatic nitrogens is 4. The molecule has 0 aliphatic rings. The van der Waals surface area contributed by atoms with Crippen LogP contribution in [0.4, 0.5) is 5.13 Å². The van der Waals surface area contributed by atoms with E-state index in [-0.39, 0.29) is 5.91 Å². The van der Waals surface area contributed by atoms with Gasteiger partial charge in [-0.3, -0.25) is 4.79 Å². The number of furan rings is 2. The molecule has 34 heavy (non-hydrogen) atoms. The minimum Gasteiger partial charge on any atom is -0.494 e. The van der Waals surface area contributed by atoms with E-state index in [2.05, 4.69) is 25.5 Å². The summed E-state index contributed by atoms with van der Waals surface area (Å²) in [5.41, 5.74) is 1.75. The Morgan fingerprint density at radius 1 is 1.09 bits per heavy atom. The minimum absolute atomic E-state index is 0.215. The van der Waals surface area contributed by atoms with E-state index < -0.39 is 5.25 Å². The zero-order valence-corrected chi connectivity index (χ0v) is 19.9. The molecule has 0 saturated heterocycles. The van der Waals surface area contributed by atoms with Crippen LogP contribution in [-0.2, 0) is 4.79 Å². The van der Waals surface area contributed by atoms with Crippen LogP contribution >= 0.6 is 23.1 Å². The first-order valence-corrected chi connectivity index (χ1v) is 12.1. The lowest BCUT2D eigenvalue weighted by atomic mass is 10.2. The second-order valence-electron chi connectivity index (χ2n) is 7.08. The fourth-order valence-corrected chi connectivity index (χ4v) is 4.77. The number of hydrogen-bond acceptors (Lipinski definition) is 10. The van der Waals surface area contributed by atoms with Crippen molar-refractivity contribution >= 4 is 44.4 Å². The molecule has 0 spiro atoms. The van der Waals surface area contributed by atoms with Gasteiger partial charge in [-0.2, -0.15) is 0 Å². The lowest BCUT2D eigenvalue weighted by Gasteiger charge is -2.10. The smallest absolute Gasteiger partial charge is 0.239 e. The van der Waals surface area contributed by atoms with Gasteiger partial charge in [-0.25, -0.2) is 9.97 Å². The van der Waals surface area contributed by atoms with E-state index in [0.29, 0.717) is 39.8 Å². The summed E-state index contributed by atoms with van der Waals surface area (Å²) in [4.78, 5) is 21.9. The Bertz CT molecular complexity index is 1420. The average Bonchev–Trinajstić information content (AvgIpc) is 3.60. The molecular formula is C23H19N5O4S2. The van der Waals surface area contributed by atoms with Crippen molar-refractivity contribution in [2.45, 2.75) is 24.3 Å². The summed E-state index contributed by atoms with van der Waals surface area (Å²) in [6.07, 6.45) is 3.11. The summed E-state index contributed by atoms with van der Waals surface area (Å²) in [7, 11) is 0. The molecule has 172 valence electrons. The summed E-state index contributed by atoms with van der Waals surface area (Å²) in [6, 6.07) is 12.7. The molecule has 5 aromatic rings. The van der Waals surface area contributed by atoms with E-state index in [1.807, 2.05) is 25.1 Å². The highest BCUT2D eigenvalue weighted by Gasteiger charge is 2.22. The van der Waals surface area contributed by atoms with Gasteiger partial charge >= 0.3 is 0 Å². The van der Waals surface area contributed by atoms with E-state index in [0.717, 1.165) is 16.0 Å². The molecule has 0 radical (unpaired) electrons. The molecule has 0 aliphatic heterocycles. The molecule has 1 aromatic carbocycles. The number of nitrogens with one attached hydrogen (secondary N) is 1. The van der Waals surface area contributed by atoms with Crippen LogP contribution in [0.3, 0.4) is 0 Å². The minimum atomic E-state index is -0.494. The Labute approximate surface area is 202 Å². The van der Waals surface area contributed by atoms with E-state index in [9.17, 15) is 4.79 Å². The van der Waals surface area contributed by atoms with Gasteiger partial charge in [0.1, 0.15) is 11.4 Å². The molecule has 1 atom stereocenters. The summed E-state index contributed by atoms with van der Waals surface area (Å²) in [6.45, 7) is 4.30. The second-order valence-corrected chi connectivity index (χ2v) is 9.42. The highest BCUT2D eigenvalue weighted by molar-refractivity contribution is 8.00. The Morgan fingerprint density at radius 2 is 1.85 bits per heavy atom. The standard InChI is InChI=1S/C23H19N5O4S2/c1-3-30-14-8-9-15-18(12-14)34-22(24-15)26-21(29)13(2)33-23-25-19(16-6-4-10-31-16)20(27-28-23)17-7-5-11-32-17/h4-13H,3H2,1-2H3,(H,24,26,29). The van der Waals surface area contributed by atoms with Crippen molar-refractivity contribution in [2.24, 2.45) is 0 Å². The molecular weight excluding hydrogens is 474 g/mol. The molecule has 4 heterocycles. The zero-order chi connectivity index (χ0) is 23.5. The van der Waals surface area contributed by atoms with Crippen LogP contribution in [0.25, 0.3) is 33.1 Å². The van der Waals surface area contributed by atoms with Crippen molar-refractivity contribution in [1.82, 2.24) is 20.2 Å². The van der Waals surface area contributed by atoms with E-state index >= 15 is 0 Å². The van der Waals surface area contributed by atoms with Gasteiger partial charge in [0.2, 0.25) is 11.1 Å². The number of benzene rings is 1. The van der Waals surface area contributed by atoms with Crippen LogP contribution in [-0.4, -0.2) is 37.9 Å². The van der Waals surface area contributed by atoms with Crippen LogP contribution < -0.4 is 10.1 Å². The zero-order valence-electron chi connectivity index (χ0n) is 18.2. The third-order valence-electron chi connectivity index (χ3n) is 4.73. The second kappa shape index (κ2) is 9.65. The normalized spacial score (nSPS) is 12.1. The molecule has 9 nitrogen and oxygen atoms in total.